The lowest BCUT2D eigenvalue weighted by Crippen LogP contribution is -1.97. The summed E-state index contributed by atoms with van der Waals surface area (Å²) in [7, 11) is 0. The Morgan fingerprint density at radius 3 is 2.61 bits per heavy atom. The molecule has 0 saturated carbocycles. The van der Waals surface area contributed by atoms with Crippen molar-refractivity contribution in [3.63, 3.8) is 0 Å². The number of hydrogen-bond acceptors (Lipinski definition) is 2. The molecule has 0 atom stereocenters. The van der Waals surface area contributed by atoms with Crippen LogP contribution in [0.5, 0.6) is 0 Å². The first-order valence-corrected chi connectivity index (χ1v) is 6.17. The second kappa shape index (κ2) is 4.26. The van der Waals surface area contributed by atoms with Gasteiger partial charge in [0.1, 0.15) is 5.82 Å². The fourth-order valence-corrected chi connectivity index (χ4v) is 2.28. The maximum atomic E-state index is 4.75. The third-order valence-electron chi connectivity index (χ3n) is 3.16. The van der Waals surface area contributed by atoms with E-state index >= 15 is 0 Å². The Hall–Kier alpha value is -2.16. The molecule has 0 radical (unpaired) electrons. The molecule has 2 aromatic heterocycles. The van der Waals surface area contributed by atoms with E-state index in [1.807, 2.05) is 12.1 Å². The summed E-state index contributed by atoms with van der Waals surface area (Å²) in [6, 6.07) is 10.4. The summed E-state index contributed by atoms with van der Waals surface area (Å²) < 4.78 is 2.24. The molecule has 0 aliphatic heterocycles. The van der Waals surface area contributed by atoms with E-state index in [0.717, 1.165) is 23.4 Å². The Morgan fingerprint density at radius 1 is 1.11 bits per heavy atom. The van der Waals surface area contributed by atoms with Gasteiger partial charge in [0.25, 0.3) is 0 Å². The summed E-state index contributed by atoms with van der Waals surface area (Å²) in [5.41, 5.74) is 4.60. The predicted molar refractivity (Wildman–Crippen MR) is 73.4 cm³/mol. The van der Waals surface area contributed by atoms with E-state index < -0.39 is 0 Å². The maximum Gasteiger partial charge on any atom is 0.141 e. The zero-order chi connectivity index (χ0) is 12.5. The van der Waals surface area contributed by atoms with Gasteiger partial charge in [0, 0.05) is 24.5 Å². The zero-order valence-electron chi connectivity index (χ0n) is 10.6. The van der Waals surface area contributed by atoms with Crippen molar-refractivity contribution in [3.8, 4) is 11.4 Å². The molecule has 3 nitrogen and oxygen atoms in total. The van der Waals surface area contributed by atoms with Gasteiger partial charge < -0.3 is 4.57 Å². The molecule has 18 heavy (non-hydrogen) atoms. The molecule has 0 aliphatic rings. The highest BCUT2D eigenvalue weighted by molar-refractivity contribution is 5.81. The number of aryl methyl sites for hydroxylation is 2. The van der Waals surface area contributed by atoms with Gasteiger partial charge in [-0.05, 0) is 43.7 Å². The largest absolute Gasteiger partial charge is 0.324 e. The van der Waals surface area contributed by atoms with Crippen molar-refractivity contribution in [3.05, 3.63) is 48.3 Å². The second-order valence-electron chi connectivity index (χ2n) is 4.41. The third-order valence-corrected chi connectivity index (χ3v) is 3.16. The van der Waals surface area contributed by atoms with Gasteiger partial charge in [-0.1, -0.05) is 6.07 Å². The Labute approximate surface area is 106 Å². The van der Waals surface area contributed by atoms with Crippen LogP contribution in [0.25, 0.3) is 22.4 Å². The number of hydrogen-bond donors (Lipinski definition) is 0. The minimum absolute atomic E-state index is 0.914. The van der Waals surface area contributed by atoms with Crippen LogP contribution in [0.2, 0.25) is 0 Å². The van der Waals surface area contributed by atoms with Crippen LogP contribution in [0.3, 0.4) is 0 Å². The first-order chi connectivity index (χ1) is 8.79. The summed E-state index contributed by atoms with van der Waals surface area (Å²) in [4.78, 5) is 8.81. The second-order valence-corrected chi connectivity index (χ2v) is 4.41. The van der Waals surface area contributed by atoms with Crippen molar-refractivity contribution >= 4 is 11.0 Å². The number of pyridine rings is 1. The van der Waals surface area contributed by atoms with Crippen molar-refractivity contribution in [2.24, 2.45) is 0 Å². The molecular weight excluding hydrogens is 222 g/mol. The number of nitrogens with zero attached hydrogens (tertiary/aromatic N) is 3. The summed E-state index contributed by atoms with van der Waals surface area (Å²) in [5.74, 6) is 1.01. The van der Waals surface area contributed by atoms with Gasteiger partial charge in [-0.15, -0.1) is 0 Å². The SMILES string of the molecule is CCn1c(-c2ccncc2)nc2cc(C)ccc21. The molecule has 0 saturated heterocycles. The van der Waals surface area contributed by atoms with Gasteiger partial charge in [-0.25, -0.2) is 4.98 Å². The van der Waals surface area contributed by atoms with Gasteiger partial charge in [0.05, 0.1) is 11.0 Å². The minimum Gasteiger partial charge on any atom is -0.324 e. The molecule has 3 aromatic rings. The Kier molecular flexibility index (Phi) is 2.59. The molecule has 2 heterocycles. The normalized spacial score (nSPS) is 11.0. The highest BCUT2D eigenvalue weighted by Crippen LogP contribution is 2.24. The Morgan fingerprint density at radius 2 is 1.89 bits per heavy atom. The molecule has 3 heteroatoms. The van der Waals surface area contributed by atoms with Crippen molar-refractivity contribution in [1.82, 2.24) is 14.5 Å². The van der Waals surface area contributed by atoms with Crippen LogP contribution >= 0.6 is 0 Å². The van der Waals surface area contributed by atoms with Gasteiger partial charge in [-0.2, -0.15) is 0 Å². The molecule has 0 fully saturated rings. The minimum atomic E-state index is 0.914. The van der Waals surface area contributed by atoms with Crippen molar-refractivity contribution in [1.29, 1.82) is 0 Å². The first kappa shape index (κ1) is 11.0. The van der Waals surface area contributed by atoms with Crippen LogP contribution in [-0.2, 0) is 6.54 Å². The van der Waals surface area contributed by atoms with Gasteiger partial charge >= 0.3 is 0 Å². The zero-order valence-corrected chi connectivity index (χ0v) is 10.6. The number of benzene rings is 1. The fourth-order valence-electron chi connectivity index (χ4n) is 2.28. The van der Waals surface area contributed by atoms with E-state index in [0.29, 0.717) is 0 Å². The van der Waals surface area contributed by atoms with Gasteiger partial charge in [-0.3, -0.25) is 4.98 Å². The van der Waals surface area contributed by atoms with E-state index in [1.165, 1.54) is 11.1 Å². The topological polar surface area (TPSA) is 30.7 Å². The molecule has 3 rings (SSSR count). The summed E-state index contributed by atoms with van der Waals surface area (Å²) >= 11 is 0. The highest BCUT2D eigenvalue weighted by Gasteiger charge is 2.10. The summed E-state index contributed by atoms with van der Waals surface area (Å²) in [6.45, 7) is 5.15. The number of aromatic nitrogens is 3. The fraction of sp³-hybridized carbons (Fsp3) is 0.200. The molecule has 0 aliphatic carbocycles. The van der Waals surface area contributed by atoms with E-state index in [-0.39, 0.29) is 0 Å². The van der Waals surface area contributed by atoms with Crippen molar-refractivity contribution in [2.45, 2.75) is 20.4 Å². The molecule has 0 spiro atoms. The van der Waals surface area contributed by atoms with Crippen LogP contribution in [0, 0.1) is 6.92 Å². The van der Waals surface area contributed by atoms with E-state index in [9.17, 15) is 0 Å². The summed E-state index contributed by atoms with van der Waals surface area (Å²) in [5, 5.41) is 0. The molecule has 90 valence electrons. The Bertz CT molecular complexity index is 684. The van der Waals surface area contributed by atoms with Crippen LogP contribution in [-0.4, -0.2) is 14.5 Å². The number of rotatable bonds is 2. The third kappa shape index (κ3) is 1.68. The van der Waals surface area contributed by atoms with Crippen LogP contribution in [0.4, 0.5) is 0 Å². The maximum absolute atomic E-state index is 4.75. The number of fused-ring (bicyclic) bond motifs is 1. The summed E-state index contributed by atoms with van der Waals surface area (Å²) in [6.07, 6.45) is 3.61. The van der Waals surface area contributed by atoms with Gasteiger partial charge in [0.2, 0.25) is 0 Å². The lowest BCUT2D eigenvalue weighted by Gasteiger charge is -2.05. The van der Waals surface area contributed by atoms with Crippen LogP contribution in [0.1, 0.15) is 12.5 Å². The van der Waals surface area contributed by atoms with Crippen molar-refractivity contribution in [2.75, 3.05) is 0 Å². The van der Waals surface area contributed by atoms with Crippen LogP contribution < -0.4 is 0 Å². The highest BCUT2D eigenvalue weighted by atomic mass is 15.1. The van der Waals surface area contributed by atoms with Gasteiger partial charge in [0.15, 0.2) is 0 Å². The predicted octanol–water partition coefficient (Wildman–Crippen LogP) is 3.43. The van der Waals surface area contributed by atoms with Crippen LogP contribution in [0.15, 0.2) is 42.7 Å². The number of imidazole rings is 1. The molecule has 0 N–H and O–H groups in total. The Balaban J connectivity index is 2.29. The molecule has 1 aromatic carbocycles. The van der Waals surface area contributed by atoms with E-state index in [1.54, 1.807) is 12.4 Å². The average Bonchev–Trinajstić information content (AvgIpc) is 2.77. The molecular formula is C15H15N3. The van der Waals surface area contributed by atoms with E-state index in [4.69, 9.17) is 4.98 Å². The molecule has 0 amide bonds. The first-order valence-electron chi connectivity index (χ1n) is 6.17. The standard InChI is InChI=1S/C15H15N3/c1-3-18-14-5-4-11(2)10-13(14)17-15(18)12-6-8-16-9-7-12/h4-10H,3H2,1-2H3. The van der Waals surface area contributed by atoms with E-state index in [2.05, 4.69) is 41.6 Å². The lowest BCUT2D eigenvalue weighted by atomic mass is 10.2. The quantitative estimate of drug-likeness (QED) is 0.683. The monoisotopic (exact) mass is 237 g/mol. The lowest BCUT2D eigenvalue weighted by molar-refractivity contribution is 0.796. The molecule has 0 unspecified atom stereocenters. The molecule has 0 bridgehead atoms. The average molecular weight is 237 g/mol. The van der Waals surface area contributed by atoms with Crippen molar-refractivity contribution < 1.29 is 0 Å². The smallest absolute Gasteiger partial charge is 0.141 e.